The highest BCUT2D eigenvalue weighted by atomic mass is 16.1. The summed E-state index contributed by atoms with van der Waals surface area (Å²) in [7, 11) is 0. The monoisotopic (exact) mass is 262 g/mol. The Kier molecular flexibility index (Phi) is 6.57. The summed E-state index contributed by atoms with van der Waals surface area (Å²) >= 11 is 0. The molecular weight excluding hydrogens is 240 g/mol. The van der Waals surface area contributed by atoms with Crippen LogP contribution in [0.25, 0.3) is 0 Å². The van der Waals surface area contributed by atoms with Crippen LogP contribution in [0.1, 0.15) is 37.2 Å². The first-order valence-corrected chi connectivity index (χ1v) is 6.69. The third-order valence-electron chi connectivity index (χ3n) is 2.59. The van der Waals surface area contributed by atoms with Crippen LogP contribution < -0.4 is 10.2 Å². The second-order valence-corrected chi connectivity index (χ2v) is 4.25. The summed E-state index contributed by atoms with van der Waals surface area (Å²) < 4.78 is 0. The Morgan fingerprint density at radius 1 is 1.32 bits per heavy atom. The van der Waals surface area contributed by atoms with E-state index in [1.807, 2.05) is 0 Å². The van der Waals surface area contributed by atoms with Crippen LogP contribution in [0.2, 0.25) is 0 Å². The van der Waals surface area contributed by atoms with Crippen molar-refractivity contribution in [1.82, 2.24) is 15.3 Å². The van der Waals surface area contributed by atoms with E-state index in [1.165, 1.54) is 6.20 Å². The molecule has 0 radical (unpaired) electrons. The van der Waals surface area contributed by atoms with Crippen molar-refractivity contribution in [3.05, 3.63) is 30.7 Å². The van der Waals surface area contributed by atoms with Crippen LogP contribution in [-0.4, -0.2) is 35.5 Å². The quantitative estimate of drug-likeness (QED) is 0.728. The molecule has 19 heavy (non-hydrogen) atoms. The number of hydrogen-bond donors (Lipinski definition) is 1. The van der Waals surface area contributed by atoms with Crippen LogP contribution in [-0.2, 0) is 0 Å². The molecule has 0 saturated heterocycles. The molecule has 0 aliphatic carbocycles. The van der Waals surface area contributed by atoms with E-state index in [2.05, 4.69) is 40.6 Å². The van der Waals surface area contributed by atoms with Gasteiger partial charge in [0.25, 0.3) is 5.91 Å². The zero-order valence-corrected chi connectivity index (χ0v) is 11.7. The van der Waals surface area contributed by atoms with E-state index < -0.39 is 0 Å². The van der Waals surface area contributed by atoms with E-state index in [0.717, 1.165) is 31.7 Å². The van der Waals surface area contributed by atoms with Gasteiger partial charge in [-0.15, -0.1) is 6.58 Å². The van der Waals surface area contributed by atoms with Crippen LogP contribution in [0.3, 0.4) is 0 Å². The van der Waals surface area contributed by atoms with Crippen LogP contribution in [0.15, 0.2) is 25.0 Å². The van der Waals surface area contributed by atoms with Crippen molar-refractivity contribution in [2.24, 2.45) is 0 Å². The summed E-state index contributed by atoms with van der Waals surface area (Å²) in [4.78, 5) is 22.3. The van der Waals surface area contributed by atoms with Gasteiger partial charge in [-0.2, -0.15) is 0 Å². The number of nitrogens with zero attached hydrogens (tertiary/aromatic N) is 3. The van der Waals surface area contributed by atoms with E-state index >= 15 is 0 Å². The number of carbonyl (C=O) groups excluding carboxylic acids is 1. The second-order valence-electron chi connectivity index (χ2n) is 4.25. The first kappa shape index (κ1) is 15.1. The highest BCUT2D eigenvalue weighted by molar-refractivity contribution is 5.92. The zero-order chi connectivity index (χ0) is 14.1. The average molecular weight is 262 g/mol. The molecule has 0 saturated carbocycles. The van der Waals surface area contributed by atoms with Crippen molar-refractivity contribution < 1.29 is 4.79 Å². The van der Waals surface area contributed by atoms with Gasteiger partial charge in [-0.3, -0.25) is 4.79 Å². The van der Waals surface area contributed by atoms with Crippen molar-refractivity contribution >= 4 is 11.7 Å². The highest BCUT2D eigenvalue weighted by Crippen LogP contribution is 2.10. The number of hydrogen-bond acceptors (Lipinski definition) is 4. The zero-order valence-electron chi connectivity index (χ0n) is 11.7. The van der Waals surface area contributed by atoms with Crippen molar-refractivity contribution in [3.8, 4) is 0 Å². The molecule has 104 valence electrons. The largest absolute Gasteiger partial charge is 0.355 e. The molecular formula is C14H22N4O. The molecule has 0 aliphatic heterocycles. The van der Waals surface area contributed by atoms with Gasteiger partial charge in [0.1, 0.15) is 11.5 Å². The molecule has 0 spiro atoms. The lowest BCUT2D eigenvalue weighted by Gasteiger charge is -2.21. The Balaban J connectivity index is 2.73. The molecule has 1 amide bonds. The smallest absolute Gasteiger partial charge is 0.271 e. The Bertz CT molecular complexity index is 396. The van der Waals surface area contributed by atoms with Crippen LogP contribution >= 0.6 is 0 Å². The Morgan fingerprint density at radius 3 is 2.47 bits per heavy atom. The first-order chi connectivity index (χ1) is 9.22. The van der Waals surface area contributed by atoms with Gasteiger partial charge in [0.2, 0.25) is 0 Å². The fraction of sp³-hybridized carbons (Fsp3) is 0.500. The topological polar surface area (TPSA) is 58.1 Å². The number of carbonyl (C=O) groups is 1. The maximum Gasteiger partial charge on any atom is 0.271 e. The summed E-state index contributed by atoms with van der Waals surface area (Å²) in [6.07, 6.45) is 6.93. The highest BCUT2D eigenvalue weighted by Gasteiger charge is 2.10. The summed E-state index contributed by atoms with van der Waals surface area (Å²) in [6, 6.07) is 0. The van der Waals surface area contributed by atoms with E-state index in [4.69, 9.17) is 0 Å². The normalized spacial score (nSPS) is 10.0. The Morgan fingerprint density at radius 2 is 2.00 bits per heavy atom. The molecule has 0 bridgehead atoms. The van der Waals surface area contributed by atoms with E-state index in [9.17, 15) is 4.79 Å². The van der Waals surface area contributed by atoms with Gasteiger partial charge in [0.05, 0.1) is 12.4 Å². The molecule has 1 N–H and O–H groups in total. The maximum absolute atomic E-state index is 11.7. The Hall–Kier alpha value is -1.91. The van der Waals surface area contributed by atoms with Crippen molar-refractivity contribution in [3.63, 3.8) is 0 Å². The molecule has 5 nitrogen and oxygen atoms in total. The fourth-order valence-electron chi connectivity index (χ4n) is 1.74. The molecule has 0 atom stereocenters. The fourth-order valence-corrected chi connectivity index (χ4v) is 1.74. The summed E-state index contributed by atoms with van der Waals surface area (Å²) in [6.45, 7) is 10.1. The number of rotatable bonds is 8. The number of amides is 1. The third-order valence-corrected chi connectivity index (χ3v) is 2.59. The van der Waals surface area contributed by atoms with Gasteiger partial charge in [0.15, 0.2) is 0 Å². The lowest BCUT2D eigenvalue weighted by molar-refractivity contribution is 0.0952. The molecule has 1 rings (SSSR count). The van der Waals surface area contributed by atoms with Crippen LogP contribution in [0.4, 0.5) is 5.82 Å². The Labute approximate surface area is 114 Å². The molecule has 0 fully saturated rings. The molecule has 1 heterocycles. The van der Waals surface area contributed by atoms with Gasteiger partial charge in [-0.05, 0) is 12.8 Å². The van der Waals surface area contributed by atoms with Crippen molar-refractivity contribution in [2.75, 3.05) is 24.5 Å². The summed E-state index contributed by atoms with van der Waals surface area (Å²) in [5.74, 6) is 0.598. The van der Waals surface area contributed by atoms with Gasteiger partial charge in [-0.25, -0.2) is 9.97 Å². The third kappa shape index (κ3) is 4.69. The molecule has 1 aromatic heterocycles. The lowest BCUT2D eigenvalue weighted by Crippen LogP contribution is -2.27. The van der Waals surface area contributed by atoms with Crippen LogP contribution in [0.5, 0.6) is 0 Å². The standard InChI is InChI=1S/C14H22N4O/c1-4-7-15-14(19)12-10-17-13(11-16-12)18(8-5-2)9-6-3/h4,10-11H,1,5-9H2,2-3H3,(H,15,19). The van der Waals surface area contributed by atoms with E-state index in [1.54, 1.807) is 12.3 Å². The summed E-state index contributed by atoms with van der Waals surface area (Å²) in [5.41, 5.74) is 0.332. The van der Waals surface area contributed by atoms with Gasteiger partial charge in [0, 0.05) is 19.6 Å². The first-order valence-electron chi connectivity index (χ1n) is 6.69. The number of nitrogens with one attached hydrogen (secondary N) is 1. The average Bonchev–Trinajstić information content (AvgIpc) is 2.44. The van der Waals surface area contributed by atoms with Crippen molar-refractivity contribution in [1.29, 1.82) is 0 Å². The minimum atomic E-state index is -0.225. The maximum atomic E-state index is 11.7. The summed E-state index contributed by atoms with van der Waals surface area (Å²) in [5, 5.41) is 2.67. The molecule has 1 aromatic rings. The second kappa shape index (κ2) is 8.24. The van der Waals surface area contributed by atoms with E-state index in [-0.39, 0.29) is 5.91 Å². The SMILES string of the molecule is C=CCNC(=O)c1cnc(N(CCC)CCC)cn1. The molecule has 0 aromatic carbocycles. The molecule has 0 unspecified atom stereocenters. The molecule has 5 heteroatoms. The molecule has 0 aliphatic rings. The van der Waals surface area contributed by atoms with Crippen molar-refractivity contribution in [2.45, 2.75) is 26.7 Å². The lowest BCUT2D eigenvalue weighted by atomic mass is 10.3. The van der Waals surface area contributed by atoms with E-state index in [0.29, 0.717) is 12.2 Å². The van der Waals surface area contributed by atoms with Gasteiger partial charge >= 0.3 is 0 Å². The predicted molar refractivity (Wildman–Crippen MR) is 77.4 cm³/mol. The van der Waals surface area contributed by atoms with Gasteiger partial charge in [-0.1, -0.05) is 19.9 Å². The number of aromatic nitrogens is 2. The predicted octanol–water partition coefficient (Wildman–Crippen LogP) is 2.02. The van der Waals surface area contributed by atoms with Crippen LogP contribution in [0, 0.1) is 0 Å². The minimum absolute atomic E-state index is 0.225. The minimum Gasteiger partial charge on any atom is -0.355 e. The number of anilines is 1. The van der Waals surface area contributed by atoms with Gasteiger partial charge < -0.3 is 10.2 Å².